The van der Waals surface area contributed by atoms with E-state index in [9.17, 15) is 22.8 Å². The SMILES string of the molecule is NCC(=O)N[C@@H](Cc1ccc(O)cc1)C(N)=O.O=C(O)C(F)(F)F. The van der Waals surface area contributed by atoms with Gasteiger partial charge < -0.3 is 27.0 Å². The van der Waals surface area contributed by atoms with Gasteiger partial charge in [0.25, 0.3) is 0 Å². The van der Waals surface area contributed by atoms with Crippen molar-refractivity contribution in [2.24, 2.45) is 11.5 Å². The first-order chi connectivity index (χ1) is 11.0. The smallest absolute Gasteiger partial charge is 0.490 e. The molecule has 8 nitrogen and oxygen atoms in total. The number of alkyl halides is 3. The lowest BCUT2D eigenvalue weighted by molar-refractivity contribution is -0.192. The van der Waals surface area contributed by atoms with Crippen LogP contribution in [0.2, 0.25) is 0 Å². The Labute approximate surface area is 134 Å². The fraction of sp³-hybridized carbons (Fsp3) is 0.308. The number of carboxylic acid groups (broad SMARTS) is 1. The van der Waals surface area contributed by atoms with Crippen LogP contribution in [0.3, 0.4) is 0 Å². The quantitative estimate of drug-likeness (QED) is 0.481. The number of halogens is 3. The molecule has 2 amide bonds. The molecule has 0 heterocycles. The molecule has 0 radical (unpaired) electrons. The summed E-state index contributed by atoms with van der Waals surface area (Å²) >= 11 is 0. The number of nitrogens with two attached hydrogens (primary N) is 2. The molecule has 0 aliphatic heterocycles. The number of phenols is 1. The summed E-state index contributed by atoms with van der Waals surface area (Å²) in [5.41, 5.74) is 11.1. The van der Waals surface area contributed by atoms with E-state index < -0.39 is 30.0 Å². The summed E-state index contributed by atoms with van der Waals surface area (Å²) in [5, 5.41) is 18.7. The number of carbonyl (C=O) groups excluding carboxylic acids is 2. The highest BCUT2D eigenvalue weighted by atomic mass is 19.4. The van der Waals surface area contributed by atoms with E-state index in [2.05, 4.69) is 5.32 Å². The molecule has 1 atom stereocenters. The number of benzene rings is 1. The Kier molecular flexibility index (Phi) is 8.25. The number of aromatic hydroxyl groups is 1. The number of amides is 2. The number of carbonyl (C=O) groups is 3. The predicted octanol–water partition coefficient (Wildman–Crippen LogP) is -0.503. The summed E-state index contributed by atoms with van der Waals surface area (Å²) in [4.78, 5) is 31.1. The molecule has 0 aliphatic rings. The fourth-order valence-electron chi connectivity index (χ4n) is 1.34. The largest absolute Gasteiger partial charge is 0.508 e. The maximum atomic E-state index is 11.1. The molecular weight excluding hydrogens is 335 g/mol. The van der Waals surface area contributed by atoms with E-state index in [4.69, 9.17) is 26.5 Å². The molecule has 0 bridgehead atoms. The van der Waals surface area contributed by atoms with Gasteiger partial charge in [0.1, 0.15) is 11.8 Å². The van der Waals surface area contributed by atoms with Crippen molar-refractivity contribution >= 4 is 17.8 Å². The van der Waals surface area contributed by atoms with Crippen LogP contribution in [-0.2, 0) is 20.8 Å². The second-order valence-electron chi connectivity index (χ2n) is 4.40. The van der Waals surface area contributed by atoms with Crippen LogP contribution in [0.15, 0.2) is 24.3 Å². The Hall–Kier alpha value is -2.82. The Balaban J connectivity index is 0.000000640. The van der Waals surface area contributed by atoms with Crippen LogP contribution in [0.1, 0.15) is 5.56 Å². The summed E-state index contributed by atoms with van der Waals surface area (Å²) in [7, 11) is 0. The second-order valence-corrected chi connectivity index (χ2v) is 4.40. The van der Waals surface area contributed by atoms with E-state index in [0.717, 1.165) is 5.56 Å². The Morgan fingerprint density at radius 3 is 1.96 bits per heavy atom. The third-order valence-corrected chi connectivity index (χ3v) is 2.48. The van der Waals surface area contributed by atoms with Crippen LogP contribution in [-0.4, -0.2) is 46.8 Å². The Morgan fingerprint density at radius 1 is 1.17 bits per heavy atom. The molecule has 11 heteroatoms. The van der Waals surface area contributed by atoms with Gasteiger partial charge in [0.05, 0.1) is 6.54 Å². The molecule has 7 N–H and O–H groups in total. The molecule has 1 aromatic rings. The minimum atomic E-state index is -5.08. The van der Waals surface area contributed by atoms with Crippen LogP contribution in [0.4, 0.5) is 13.2 Å². The normalized spacial score (nSPS) is 11.7. The molecule has 0 saturated heterocycles. The van der Waals surface area contributed by atoms with Crippen molar-refractivity contribution in [3.63, 3.8) is 0 Å². The Morgan fingerprint density at radius 2 is 1.62 bits per heavy atom. The van der Waals surface area contributed by atoms with Gasteiger partial charge in [-0.05, 0) is 17.7 Å². The molecule has 0 fully saturated rings. The average Bonchev–Trinajstić information content (AvgIpc) is 2.48. The van der Waals surface area contributed by atoms with Gasteiger partial charge in [0.15, 0.2) is 0 Å². The standard InChI is InChI=1S/C11H15N3O3.C2HF3O2/c12-6-10(16)14-9(11(13)17)5-7-1-3-8(15)4-2-7;3-2(4,5)1(6)7/h1-4,9,15H,5-6,12H2,(H2,13,17)(H,14,16);(H,6,7)/t9-;/m0./s1. The van der Waals surface area contributed by atoms with Crippen LogP contribution < -0.4 is 16.8 Å². The summed E-state index contributed by atoms with van der Waals surface area (Å²) in [6, 6.07) is 5.51. The van der Waals surface area contributed by atoms with Crippen molar-refractivity contribution in [1.29, 1.82) is 0 Å². The number of primary amides is 1. The zero-order chi connectivity index (χ0) is 18.9. The number of aliphatic carboxylic acids is 1. The van der Waals surface area contributed by atoms with E-state index in [1.165, 1.54) is 12.1 Å². The highest BCUT2D eigenvalue weighted by molar-refractivity contribution is 5.87. The molecule has 134 valence electrons. The van der Waals surface area contributed by atoms with Gasteiger partial charge >= 0.3 is 12.1 Å². The molecule has 0 saturated carbocycles. The van der Waals surface area contributed by atoms with Gasteiger partial charge in [-0.1, -0.05) is 12.1 Å². The van der Waals surface area contributed by atoms with E-state index >= 15 is 0 Å². The lowest BCUT2D eigenvalue weighted by Gasteiger charge is -2.14. The number of hydrogen-bond acceptors (Lipinski definition) is 5. The molecule has 0 unspecified atom stereocenters. The van der Waals surface area contributed by atoms with Gasteiger partial charge in [0.2, 0.25) is 11.8 Å². The predicted molar refractivity (Wildman–Crippen MR) is 75.7 cm³/mol. The molecule has 1 rings (SSSR count). The first-order valence-electron chi connectivity index (χ1n) is 6.34. The van der Waals surface area contributed by atoms with E-state index in [0.29, 0.717) is 0 Å². The van der Waals surface area contributed by atoms with Crippen LogP contribution in [0.5, 0.6) is 5.75 Å². The second kappa shape index (κ2) is 9.35. The average molecular weight is 351 g/mol. The molecule has 24 heavy (non-hydrogen) atoms. The first-order valence-corrected chi connectivity index (χ1v) is 6.34. The highest BCUT2D eigenvalue weighted by Gasteiger charge is 2.38. The van der Waals surface area contributed by atoms with Crippen LogP contribution in [0.25, 0.3) is 0 Å². The number of carboxylic acids is 1. The fourth-order valence-corrected chi connectivity index (χ4v) is 1.34. The highest BCUT2D eigenvalue weighted by Crippen LogP contribution is 2.13. The maximum absolute atomic E-state index is 11.1. The minimum absolute atomic E-state index is 0.135. The molecule has 0 aliphatic carbocycles. The van der Waals surface area contributed by atoms with E-state index in [-0.39, 0.29) is 18.7 Å². The molecule has 0 aromatic heterocycles. The zero-order valence-electron chi connectivity index (χ0n) is 12.2. The number of phenolic OH excluding ortho intramolecular Hbond substituents is 1. The molecular formula is C13H16F3N3O5. The lowest BCUT2D eigenvalue weighted by atomic mass is 10.1. The van der Waals surface area contributed by atoms with Crippen molar-refractivity contribution in [2.75, 3.05) is 6.54 Å². The summed E-state index contributed by atoms with van der Waals surface area (Å²) < 4.78 is 31.7. The summed E-state index contributed by atoms with van der Waals surface area (Å²) in [6.45, 7) is -0.195. The van der Waals surface area contributed by atoms with Crippen molar-refractivity contribution < 1.29 is 37.8 Å². The third-order valence-electron chi connectivity index (χ3n) is 2.48. The topological polar surface area (TPSA) is 156 Å². The van der Waals surface area contributed by atoms with Gasteiger partial charge in [-0.15, -0.1) is 0 Å². The lowest BCUT2D eigenvalue weighted by Crippen LogP contribution is -2.47. The number of rotatable bonds is 5. The molecule has 0 spiro atoms. The number of nitrogens with one attached hydrogen (secondary N) is 1. The monoisotopic (exact) mass is 351 g/mol. The van der Waals surface area contributed by atoms with Crippen molar-refractivity contribution in [1.82, 2.24) is 5.32 Å². The summed E-state index contributed by atoms with van der Waals surface area (Å²) in [5.74, 6) is -3.68. The summed E-state index contributed by atoms with van der Waals surface area (Å²) in [6.07, 6.45) is -4.82. The van der Waals surface area contributed by atoms with Gasteiger partial charge in [-0.3, -0.25) is 9.59 Å². The minimum Gasteiger partial charge on any atom is -0.508 e. The number of hydrogen-bond donors (Lipinski definition) is 5. The first kappa shape index (κ1) is 21.2. The van der Waals surface area contributed by atoms with Crippen molar-refractivity contribution in [3.05, 3.63) is 29.8 Å². The zero-order valence-corrected chi connectivity index (χ0v) is 12.2. The van der Waals surface area contributed by atoms with Crippen molar-refractivity contribution in [2.45, 2.75) is 18.6 Å². The van der Waals surface area contributed by atoms with E-state index in [1.807, 2.05) is 0 Å². The third kappa shape index (κ3) is 8.58. The maximum Gasteiger partial charge on any atom is 0.490 e. The van der Waals surface area contributed by atoms with Crippen molar-refractivity contribution in [3.8, 4) is 5.75 Å². The van der Waals surface area contributed by atoms with Gasteiger partial charge in [-0.25, -0.2) is 4.79 Å². The Bertz CT molecular complexity index is 575. The van der Waals surface area contributed by atoms with Crippen LogP contribution >= 0.6 is 0 Å². The van der Waals surface area contributed by atoms with Gasteiger partial charge in [-0.2, -0.15) is 13.2 Å². The van der Waals surface area contributed by atoms with E-state index in [1.54, 1.807) is 12.1 Å². The molecule has 1 aromatic carbocycles. The van der Waals surface area contributed by atoms with Crippen LogP contribution in [0, 0.1) is 0 Å². The van der Waals surface area contributed by atoms with Gasteiger partial charge in [0, 0.05) is 6.42 Å².